The molecule has 1 aromatic heterocycles. The Morgan fingerprint density at radius 2 is 2.04 bits per heavy atom. The minimum Gasteiger partial charge on any atom is -0.497 e. The minimum atomic E-state index is -0.109. The Kier molecular flexibility index (Phi) is 4.67. The van der Waals surface area contributed by atoms with Crippen molar-refractivity contribution in [2.75, 3.05) is 13.7 Å². The molecule has 3 aromatic rings. The van der Waals surface area contributed by atoms with E-state index in [-0.39, 0.29) is 17.7 Å². The predicted molar refractivity (Wildman–Crippen MR) is 103 cm³/mol. The largest absolute Gasteiger partial charge is 0.497 e. The predicted octanol–water partition coefficient (Wildman–Crippen LogP) is 4.64. The molecule has 0 saturated carbocycles. The van der Waals surface area contributed by atoms with Gasteiger partial charge in [0.15, 0.2) is 0 Å². The van der Waals surface area contributed by atoms with Crippen LogP contribution >= 0.6 is 0 Å². The third-order valence-electron chi connectivity index (χ3n) is 5.15. The summed E-state index contributed by atoms with van der Waals surface area (Å²) in [6.45, 7) is 2.82. The summed E-state index contributed by atoms with van der Waals surface area (Å²) >= 11 is 0. The van der Waals surface area contributed by atoms with E-state index in [2.05, 4.69) is 24.2 Å². The van der Waals surface area contributed by atoms with Gasteiger partial charge in [0.05, 0.1) is 13.2 Å². The first kappa shape index (κ1) is 17.3. The summed E-state index contributed by atoms with van der Waals surface area (Å²) in [5, 5.41) is 4.09. The maximum atomic E-state index is 13.1. The maximum Gasteiger partial charge on any atom is 0.292 e. The first-order chi connectivity index (χ1) is 13.2. The Morgan fingerprint density at radius 3 is 2.85 bits per heavy atom. The molecule has 5 nitrogen and oxygen atoms in total. The molecular weight excluding hydrogens is 340 g/mol. The number of aromatic nitrogens is 1. The standard InChI is InChI=1S/C22H22N2O3/c1-15-7-3-4-10-18(15)20-11-6-12-24(20)22(25)21-14-19(23-27-21)16-8-5-9-17(13-16)26-2/h3-5,7-10,13-14,20H,6,11-12H2,1-2H3. The molecule has 0 aliphatic carbocycles. The summed E-state index contributed by atoms with van der Waals surface area (Å²) in [5.74, 6) is 0.901. The van der Waals surface area contributed by atoms with Crippen molar-refractivity contribution >= 4 is 5.91 Å². The monoisotopic (exact) mass is 362 g/mol. The number of aryl methyl sites for hydroxylation is 1. The van der Waals surface area contributed by atoms with Crippen LogP contribution in [0.5, 0.6) is 5.75 Å². The number of ether oxygens (including phenoxy) is 1. The molecular formula is C22H22N2O3. The van der Waals surface area contributed by atoms with Gasteiger partial charge in [-0.05, 0) is 43.0 Å². The van der Waals surface area contributed by atoms with Crippen molar-refractivity contribution in [3.05, 3.63) is 71.5 Å². The molecule has 5 heteroatoms. The maximum absolute atomic E-state index is 13.1. The number of methoxy groups -OCH3 is 1. The molecule has 1 unspecified atom stereocenters. The van der Waals surface area contributed by atoms with Gasteiger partial charge < -0.3 is 14.2 Å². The lowest BCUT2D eigenvalue weighted by atomic mass is 9.99. The summed E-state index contributed by atoms with van der Waals surface area (Å²) in [6, 6.07) is 17.6. The van der Waals surface area contributed by atoms with E-state index < -0.39 is 0 Å². The molecule has 2 heterocycles. The lowest BCUT2D eigenvalue weighted by Crippen LogP contribution is -2.30. The van der Waals surface area contributed by atoms with Crippen LogP contribution in [0.3, 0.4) is 0 Å². The van der Waals surface area contributed by atoms with Crippen LogP contribution in [-0.2, 0) is 0 Å². The van der Waals surface area contributed by atoms with Gasteiger partial charge in [0.1, 0.15) is 11.4 Å². The van der Waals surface area contributed by atoms with Crippen molar-refractivity contribution in [3.63, 3.8) is 0 Å². The van der Waals surface area contributed by atoms with Crippen molar-refractivity contribution in [2.24, 2.45) is 0 Å². The lowest BCUT2D eigenvalue weighted by molar-refractivity contribution is 0.0693. The highest BCUT2D eigenvalue weighted by molar-refractivity contribution is 5.93. The van der Waals surface area contributed by atoms with Crippen LogP contribution in [0.25, 0.3) is 11.3 Å². The number of nitrogens with zero attached hydrogens (tertiary/aromatic N) is 2. The number of benzene rings is 2. The summed E-state index contributed by atoms with van der Waals surface area (Å²) in [6.07, 6.45) is 1.95. The fourth-order valence-corrected chi connectivity index (χ4v) is 3.73. The SMILES string of the molecule is COc1cccc(-c2cc(C(=O)N3CCCC3c3ccccc3C)on2)c1. The molecule has 138 valence electrons. The highest BCUT2D eigenvalue weighted by Gasteiger charge is 2.33. The van der Waals surface area contributed by atoms with Crippen molar-refractivity contribution in [1.29, 1.82) is 0 Å². The summed E-state index contributed by atoms with van der Waals surface area (Å²) in [4.78, 5) is 15.0. The molecule has 2 aromatic carbocycles. The van der Waals surface area contributed by atoms with Crippen LogP contribution in [0, 0.1) is 6.92 Å². The molecule has 0 radical (unpaired) electrons. The molecule has 0 bridgehead atoms. The van der Waals surface area contributed by atoms with Crippen LogP contribution in [0.4, 0.5) is 0 Å². The normalized spacial score (nSPS) is 16.5. The molecule has 1 saturated heterocycles. The van der Waals surface area contributed by atoms with Gasteiger partial charge in [0.2, 0.25) is 5.76 Å². The Morgan fingerprint density at radius 1 is 1.19 bits per heavy atom. The van der Waals surface area contributed by atoms with E-state index in [1.54, 1.807) is 13.2 Å². The minimum absolute atomic E-state index is 0.0871. The van der Waals surface area contributed by atoms with Crippen LogP contribution in [0.2, 0.25) is 0 Å². The van der Waals surface area contributed by atoms with Crippen molar-refractivity contribution in [1.82, 2.24) is 10.1 Å². The first-order valence-corrected chi connectivity index (χ1v) is 9.15. The lowest BCUT2D eigenvalue weighted by Gasteiger charge is -2.25. The smallest absolute Gasteiger partial charge is 0.292 e. The van der Waals surface area contributed by atoms with Crippen LogP contribution in [-0.4, -0.2) is 29.6 Å². The Labute approximate surface area is 158 Å². The van der Waals surface area contributed by atoms with E-state index in [1.807, 2.05) is 41.3 Å². The zero-order valence-electron chi connectivity index (χ0n) is 15.5. The molecule has 1 fully saturated rings. The number of amides is 1. The number of carbonyl (C=O) groups excluding carboxylic acids is 1. The van der Waals surface area contributed by atoms with E-state index in [0.717, 1.165) is 30.7 Å². The van der Waals surface area contributed by atoms with E-state index in [4.69, 9.17) is 9.26 Å². The average Bonchev–Trinajstić information content (AvgIpc) is 3.38. The second-order valence-electron chi connectivity index (χ2n) is 6.82. The first-order valence-electron chi connectivity index (χ1n) is 9.15. The van der Waals surface area contributed by atoms with Gasteiger partial charge in [0.25, 0.3) is 5.91 Å². The molecule has 1 atom stereocenters. The quantitative estimate of drug-likeness (QED) is 0.679. The van der Waals surface area contributed by atoms with Gasteiger partial charge >= 0.3 is 0 Å². The second-order valence-corrected chi connectivity index (χ2v) is 6.82. The van der Waals surface area contributed by atoms with Crippen LogP contribution in [0.15, 0.2) is 59.1 Å². The third kappa shape index (κ3) is 3.33. The summed E-state index contributed by atoms with van der Waals surface area (Å²) in [5.41, 5.74) is 3.89. The zero-order valence-corrected chi connectivity index (χ0v) is 15.5. The molecule has 1 amide bonds. The van der Waals surface area contributed by atoms with Gasteiger partial charge in [-0.15, -0.1) is 0 Å². The summed E-state index contributed by atoms with van der Waals surface area (Å²) in [7, 11) is 1.62. The third-order valence-corrected chi connectivity index (χ3v) is 5.15. The van der Waals surface area contributed by atoms with E-state index in [9.17, 15) is 4.79 Å². The van der Waals surface area contributed by atoms with Gasteiger partial charge in [-0.1, -0.05) is 41.6 Å². The summed E-state index contributed by atoms with van der Waals surface area (Å²) < 4.78 is 10.7. The van der Waals surface area contributed by atoms with Crippen molar-refractivity contribution in [3.8, 4) is 17.0 Å². The van der Waals surface area contributed by atoms with Crippen molar-refractivity contribution < 1.29 is 14.1 Å². The molecule has 4 rings (SSSR count). The molecule has 0 spiro atoms. The van der Waals surface area contributed by atoms with Gasteiger partial charge in [-0.3, -0.25) is 4.79 Å². The number of hydrogen-bond acceptors (Lipinski definition) is 4. The van der Waals surface area contributed by atoms with E-state index >= 15 is 0 Å². The fraction of sp³-hybridized carbons (Fsp3) is 0.273. The van der Waals surface area contributed by atoms with Gasteiger partial charge in [-0.2, -0.15) is 0 Å². The zero-order chi connectivity index (χ0) is 18.8. The molecule has 0 N–H and O–H groups in total. The molecule has 1 aliphatic heterocycles. The Balaban J connectivity index is 1.59. The van der Waals surface area contributed by atoms with Crippen molar-refractivity contribution in [2.45, 2.75) is 25.8 Å². The topological polar surface area (TPSA) is 55.6 Å². The molecule has 1 aliphatic rings. The number of carbonyl (C=O) groups is 1. The van der Waals surface area contributed by atoms with E-state index in [1.165, 1.54) is 11.1 Å². The average molecular weight is 362 g/mol. The number of likely N-dealkylation sites (tertiary alicyclic amines) is 1. The number of hydrogen-bond donors (Lipinski definition) is 0. The second kappa shape index (κ2) is 7.27. The van der Waals surface area contributed by atoms with E-state index in [0.29, 0.717) is 5.69 Å². The van der Waals surface area contributed by atoms with Crippen LogP contribution in [0.1, 0.15) is 40.6 Å². The fourth-order valence-electron chi connectivity index (χ4n) is 3.73. The highest BCUT2D eigenvalue weighted by Crippen LogP contribution is 2.35. The highest BCUT2D eigenvalue weighted by atomic mass is 16.5. The van der Waals surface area contributed by atoms with Gasteiger partial charge in [0, 0.05) is 18.2 Å². The van der Waals surface area contributed by atoms with Crippen LogP contribution < -0.4 is 4.74 Å². The van der Waals surface area contributed by atoms with Gasteiger partial charge in [-0.25, -0.2) is 0 Å². The molecule has 27 heavy (non-hydrogen) atoms. The Hall–Kier alpha value is -3.08. The number of rotatable bonds is 4. The Bertz CT molecular complexity index is 963.